The van der Waals surface area contributed by atoms with Crippen LogP contribution in [0.15, 0.2) is 48.5 Å². The van der Waals surface area contributed by atoms with Gasteiger partial charge >= 0.3 is 0 Å². The third kappa shape index (κ3) is 3.84. The summed E-state index contributed by atoms with van der Waals surface area (Å²) in [5.41, 5.74) is 3.66. The number of hydrogen-bond donors (Lipinski definition) is 1. The first-order valence-electron chi connectivity index (χ1n) is 7.09. The third-order valence-corrected chi connectivity index (χ3v) is 3.60. The van der Waals surface area contributed by atoms with Crippen molar-refractivity contribution in [3.63, 3.8) is 0 Å². The summed E-state index contributed by atoms with van der Waals surface area (Å²) in [4.78, 5) is 2.09. The van der Waals surface area contributed by atoms with E-state index in [4.69, 9.17) is 5.26 Å². The largest absolute Gasteiger partial charge is 0.389 e. The quantitative estimate of drug-likeness (QED) is 0.914. The van der Waals surface area contributed by atoms with Crippen molar-refractivity contribution in [1.29, 1.82) is 5.26 Å². The minimum atomic E-state index is -0.549. The van der Waals surface area contributed by atoms with Gasteiger partial charge in [0.2, 0.25) is 0 Å². The molecule has 2 rings (SSSR count). The molecule has 1 unspecified atom stereocenters. The summed E-state index contributed by atoms with van der Waals surface area (Å²) in [5.74, 6) is 0. The second kappa shape index (κ2) is 6.92. The maximum atomic E-state index is 9.89. The van der Waals surface area contributed by atoms with Gasteiger partial charge in [-0.05, 0) is 31.0 Å². The van der Waals surface area contributed by atoms with Gasteiger partial charge in [-0.1, -0.05) is 36.4 Å². The second-order valence-corrected chi connectivity index (χ2v) is 5.22. The van der Waals surface area contributed by atoms with E-state index in [0.717, 1.165) is 24.2 Å². The van der Waals surface area contributed by atoms with E-state index >= 15 is 0 Å². The minimum Gasteiger partial charge on any atom is -0.389 e. The van der Waals surface area contributed by atoms with Crippen molar-refractivity contribution >= 4 is 5.69 Å². The molecule has 0 aliphatic rings. The summed E-state index contributed by atoms with van der Waals surface area (Å²) in [5, 5.41) is 18.9. The number of hydrogen-bond acceptors (Lipinski definition) is 3. The van der Waals surface area contributed by atoms with Gasteiger partial charge in [0.25, 0.3) is 0 Å². The molecule has 3 nitrogen and oxygen atoms in total. The first-order chi connectivity index (χ1) is 10.1. The number of benzene rings is 2. The predicted octanol–water partition coefficient (Wildman–Crippen LogP) is 3.29. The Bertz CT molecular complexity index is 629. The van der Waals surface area contributed by atoms with Crippen LogP contribution in [0.3, 0.4) is 0 Å². The number of nitriles is 1. The topological polar surface area (TPSA) is 47.3 Å². The van der Waals surface area contributed by atoms with Crippen molar-refractivity contribution < 1.29 is 5.11 Å². The van der Waals surface area contributed by atoms with Crippen molar-refractivity contribution in [3.8, 4) is 6.07 Å². The van der Waals surface area contributed by atoms with Crippen molar-refractivity contribution in [1.82, 2.24) is 0 Å². The molecular formula is C18H20N2O. The van der Waals surface area contributed by atoms with Gasteiger partial charge in [-0.25, -0.2) is 0 Å². The molecule has 3 heteroatoms. The SMILES string of the molecule is CC(O)c1ccc(C#N)cc1N(C)CCc1ccccc1. The van der Waals surface area contributed by atoms with E-state index in [1.165, 1.54) is 5.56 Å². The lowest BCUT2D eigenvalue weighted by Crippen LogP contribution is -2.22. The van der Waals surface area contributed by atoms with Crippen LogP contribution in [0.2, 0.25) is 0 Å². The van der Waals surface area contributed by atoms with Crippen LogP contribution in [0.5, 0.6) is 0 Å². The fourth-order valence-electron chi connectivity index (χ4n) is 2.36. The molecule has 21 heavy (non-hydrogen) atoms. The van der Waals surface area contributed by atoms with Gasteiger partial charge in [0.15, 0.2) is 0 Å². The Hall–Kier alpha value is -2.31. The van der Waals surface area contributed by atoms with E-state index in [0.29, 0.717) is 5.56 Å². The highest BCUT2D eigenvalue weighted by molar-refractivity contribution is 5.58. The zero-order valence-corrected chi connectivity index (χ0v) is 12.5. The molecular weight excluding hydrogens is 260 g/mol. The number of aliphatic hydroxyl groups excluding tert-OH is 1. The van der Waals surface area contributed by atoms with Crippen LogP contribution in [-0.2, 0) is 6.42 Å². The molecule has 0 spiro atoms. The average molecular weight is 280 g/mol. The van der Waals surface area contributed by atoms with Crippen molar-refractivity contribution in [2.45, 2.75) is 19.4 Å². The maximum Gasteiger partial charge on any atom is 0.0992 e. The number of anilines is 1. The smallest absolute Gasteiger partial charge is 0.0992 e. The number of aliphatic hydroxyl groups is 1. The Balaban J connectivity index is 2.17. The summed E-state index contributed by atoms with van der Waals surface area (Å²) in [6.07, 6.45) is 0.375. The van der Waals surface area contributed by atoms with E-state index in [-0.39, 0.29) is 0 Å². The summed E-state index contributed by atoms with van der Waals surface area (Å²) in [6.45, 7) is 2.58. The first kappa shape index (κ1) is 15.1. The number of likely N-dealkylation sites (N-methyl/N-ethyl adjacent to an activating group) is 1. The van der Waals surface area contributed by atoms with Crippen molar-refractivity contribution in [2.24, 2.45) is 0 Å². The van der Waals surface area contributed by atoms with Gasteiger partial charge in [-0.15, -0.1) is 0 Å². The Kier molecular flexibility index (Phi) is 4.97. The standard InChI is InChI=1S/C18H20N2O/c1-14(21)17-9-8-16(13-19)12-18(17)20(2)11-10-15-6-4-3-5-7-15/h3-9,12,14,21H,10-11H2,1-2H3. The highest BCUT2D eigenvalue weighted by Crippen LogP contribution is 2.27. The molecule has 2 aromatic carbocycles. The second-order valence-electron chi connectivity index (χ2n) is 5.22. The van der Waals surface area contributed by atoms with Crippen LogP contribution in [0, 0.1) is 11.3 Å². The summed E-state index contributed by atoms with van der Waals surface area (Å²) >= 11 is 0. The van der Waals surface area contributed by atoms with Gasteiger partial charge in [0.05, 0.1) is 17.7 Å². The van der Waals surface area contributed by atoms with Gasteiger partial charge in [0.1, 0.15) is 0 Å². The van der Waals surface area contributed by atoms with Crippen LogP contribution in [-0.4, -0.2) is 18.7 Å². The molecule has 2 aromatic rings. The van der Waals surface area contributed by atoms with Crippen molar-refractivity contribution in [3.05, 3.63) is 65.2 Å². The molecule has 0 bridgehead atoms. The van der Waals surface area contributed by atoms with Gasteiger partial charge in [0, 0.05) is 24.8 Å². The van der Waals surface area contributed by atoms with Crippen molar-refractivity contribution in [2.75, 3.05) is 18.5 Å². The average Bonchev–Trinajstić information content (AvgIpc) is 2.52. The van der Waals surface area contributed by atoms with E-state index < -0.39 is 6.10 Å². The Morgan fingerprint density at radius 2 is 1.90 bits per heavy atom. The van der Waals surface area contributed by atoms with Crippen LogP contribution < -0.4 is 4.90 Å². The van der Waals surface area contributed by atoms with Crippen LogP contribution in [0.25, 0.3) is 0 Å². The van der Waals surface area contributed by atoms with Crippen LogP contribution >= 0.6 is 0 Å². The Labute approximate surface area is 126 Å². The molecule has 0 amide bonds. The Morgan fingerprint density at radius 3 is 2.52 bits per heavy atom. The summed E-state index contributed by atoms with van der Waals surface area (Å²) in [6, 6.07) is 17.9. The molecule has 0 radical (unpaired) electrons. The van der Waals surface area contributed by atoms with Crippen LogP contribution in [0.4, 0.5) is 5.69 Å². The lowest BCUT2D eigenvalue weighted by molar-refractivity contribution is 0.199. The zero-order chi connectivity index (χ0) is 15.2. The minimum absolute atomic E-state index is 0.549. The molecule has 108 valence electrons. The number of rotatable bonds is 5. The summed E-state index contributed by atoms with van der Waals surface area (Å²) < 4.78 is 0. The molecule has 0 aliphatic heterocycles. The monoisotopic (exact) mass is 280 g/mol. The van der Waals surface area contributed by atoms with E-state index in [1.807, 2.05) is 37.4 Å². The molecule has 0 saturated heterocycles. The number of nitrogens with zero attached hydrogens (tertiary/aromatic N) is 2. The molecule has 0 fully saturated rings. The molecule has 0 saturated carbocycles. The maximum absolute atomic E-state index is 9.89. The van der Waals surface area contributed by atoms with Crippen LogP contribution in [0.1, 0.15) is 29.7 Å². The van der Waals surface area contributed by atoms with E-state index in [2.05, 4.69) is 23.1 Å². The van der Waals surface area contributed by atoms with E-state index in [1.54, 1.807) is 13.0 Å². The highest BCUT2D eigenvalue weighted by atomic mass is 16.3. The molecule has 1 atom stereocenters. The Morgan fingerprint density at radius 1 is 1.19 bits per heavy atom. The predicted molar refractivity (Wildman–Crippen MR) is 85.2 cm³/mol. The highest BCUT2D eigenvalue weighted by Gasteiger charge is 2.12. The lowest BCUT2D eigenvalue weighted by Gasteiger charge is -2.24. The lowest BCUT2D eigenvalue weighted by atomic mass is 10.0. The zero-order valence-electron chi connectivity index (χ0n) is 12.5. The normalized spacial score (nSPS) is 11.7. The molecule has 0 aliphatic carbocycles. The van der Waals surface area contributed by atoms with Gasteiger partial charge in [-0.3, -0.25) is 0 Å². The molecule has 0 heterocycles. The fourth-order valence-corrected chi connectivity index (χ4v) is 2.36. The molecule has 0 aromatic heterocycles. The van der Waals surface area contributed by atoms with Gasteiger partial charge < -0.3 is 10.0 Å². The van der Waals surface area contributed by atoms with Gasteiger partial charge in [-0.2, -0.15) is 5.26 Å². The first-order valence-corrected chi connectivity index (χ1v) is 7.09. The molecule has 1 N–H and O–H groups in total. The van der Waals surface area contributed by atoms with E-state index in [9.17, 15) is 5.11 Å². The summed E-state index contributed by atoms with van der Waals surface area (Å²) in [7, 11) is 1.99. The fraction of sp³-hybridized carbons (Fsp3) is 0.278. The third-order valence-electron chi connectivity index (χ3n) is 3.60.